The van der Waals surface area contributed by atoms with Gasteiger partial charge in [-0.05, 0) is 25.0 Å². The molecule has 1 saturated carbocycles. The van der Waals surface area contributed by atoms with Crippen LogP contribution in [0.1, 0.15) is 36.0 Å². The highest BCUT2D eigenvalue weighted by Gasteiger charge is 2.41. The smallest absolute Gasteiger partial charge is 0.289 e. The van der Waals surface area contributed by atoms with Crippen molar-refractivity contribution in [1.82, 2.24) is 10.2 Å². The second-order valence-electron chi connectivity index (χ2n) is 5.73. The number of nitrogens with zero attached hydrogens (tertiary/aromatic N) is 1. The molecule has 1 aromatic carbocycles. The quantitative estimate of drug-likeness (QED) is 0.921. The third-order valence-electron chi connectivity index (χ3n) is 4.28. The Morgan fingerprint density at radius 2 is 1.96 bits per heavy atom. The lowest BCUT2D eigenvalue weighted by Crippen LogP contribution is -2.54. The summed E-state index contributed by atoms with van der Waals surface area (Å²) < 4.78 is 13.7. The van der Waals surface area contributed by atoms with Crippen LogP contribution in [0.2, 0.25) is 0 Å². The Balaban J connectivity index is 1.77. The zero-order valence-corrected chi connectivity index (χ0v) is 13.3. The average Bonchev–Trinajstić information content (AvgIpc) is 2.87. The maximum absolute atomic E-state index is 13.7. The summed E-state index contributed by atoms with van der Waals surface area (Å²) in [5.74, 6) is -1.14. The van der Waals surface area contributed by atoms with Gasteiger partial charge in [0.05, 0.1) is 23.4 Å². The first-order valence-electron chi connectivity index (χ1n) is 7.62. The van der Waals surface area contributed by atoms with Gasteiger partial charge < -0.3 is 5.32 Å². The zero-order chi connectivity index (χ0) is 16.4. The van der Waals surface area contributed by atoms with Gasteiger partial charge >= 0.3 is 0 Å². The number of carbonyl (C=O) groups excluding carboxylic acids is 3. The number of nitrogens with one attached hydrogen (secondary N) is 1. The number of benzene rings is 1. The van der Waals surface area contributed by atoms with Crippen LogP contribution < -0.4 is 5.32 Å². The van der Waals surface area contributed by atoms with Crippen molar-refractivity contribution in [1.29, 1.82) is 0 Å². The van der Waals surface area contributed by atoms with Crippen molar-refractivity contribution in [2.24, 2.45) is 0 Å². The molecule has 2 aliphatic rings. The van der Waals surface area contributed by atoms with Crippen LogP contribution >= 0.6 is 11.8 Å². The lowest BCUT2D eigenvalue weighted by atomic mass is 9.89. The van der Waals surface area contributed by atoms with Crippen molar-refractivity contribution in [2.75, 3.05) is 5.75 Å². The van der Waals surface area contributed by atoms with Gasteiger partial charge in [0, 0.05) is 0 Å². The molecule has 1 saturated heterocycles. The van der Waals surface area contributed by atoms with E-state index >= 15 is 0 Å². The maximum Gasteiger partial charge on any atom is 0.289 e. The molecule has 0 bridgehead atoms. The zero-order valence-electron chi connectivity index (χ0n) is 12.5. The Kier molecular flexibility index (Phi) is 4.66. The summed E-state index contributed by atoms with van der Waals surface area (Å²) in [4.78, 5) is 37.5. The highest BCUT2D eigenvalue weighted by atomic mass is 32.2. The Labute approximate surface area is 137 Å². The number of carbonyl (C=O) groups is 3. The van der Waals surface area contributed by atoms with Gasteiger partial charge in [-0.2, -0.15) is 0 Å². The van der Waals surface area contributed by atoms with E-state index in [0.29, 0.717) is 12.8 Å². The molecule has 122 valence electrons. The van der Waals surface area contributed by atoms with Gasteiger partial charge in [-0.3, -0.25) is 19.3 Å². The minimum absolute atomic E-state index is 0.0229. The predicted octanol–water partition coefficient (Wildman–Crippen LogP) is 2.56. The molecule has 0 spiro atoms. The Morgan fingerprint density at radius 1 is 1.22 bits per heavy atom. The second kappa shape index (κ2) is 6.70. The summed E-state index contributed by atoms with van der Waals surface area (Å²) in [6.07, 6.45) is 3.15. The molecular weight excluding hydrogens is 319 g/mol. The molecular formula is C16H17FN2O3S. The van der Waals surface area contributed by atoms with Crippen LogP contribution in [0.3, 0.4) is 0 Å². The molecule has 0 unspecified atom stereocenters. The molecule has 5 nitrogen and oxygen atoms in total. The summed E-state index contributed by atoms with van der Waals surface area (Å²) >= 11 is 0.992. The second-order valence-corrected chi connectivity index (χ2v) is 6.66. The van der Waals surface area contributed by atoms with E-state index in [0.717, 1.165) is 24.6 Å². The van der Waals surface area contributed by atoms with Gasteiger partial charge in [-0.1, -0.05) is 36.7 Å². The van der Waals surface area contributed by atoms with Crippen LogP contribution in [0.5, 0.6) is 0 Å². The Morgan fingerprint density at radius 3 is 2.65 bits per heavy atom. The molecule has 2 atom stereocenters. The van der Waals surface area contributed by atoms with Crippen molar-refractivity contribution in [3.05, 3.63) is 35.6 Å². The van der Waals surface area contributed by atoms with Crippen molar-refractivity contribution in [2.45, 2.75) is 37.8 Å². The normalized spacial score (nSPS) is 24.8. The van der Waals surface area contributed by atoms with Crippen molar-refractivity contribution in [3.8, 4) is 0 Å². The minimum atomic E-state index is -0.582. The largest absolute Gasteiger partial charge is 0.347 e. The summed E-state index contributed by atoms with van der Waals surface area (Å²) in [6, 6.07) is 5.11. The van der Waals surface area contributed by atoms with Crippen LogP contribution in [0, 0.1) is 5.82 Å². The first-order valence-corrected chi connectivity index (χ1v) is 8.60. The molecule has 1 N–H and O–H groups in total. The number of imide groups is 1. The van der Waals surface area contributed by atoms with Crippen molar-refractivity contribution in [3.63, 3.8) is 0 Å². The van der Waals surface area contributed by atoms with E-state index in [9.17, 15) is 18.8 Å². The van der Waals surface area contributed by atoms with Crippen LogP contribution in [-0.2, 0) is 4.79 Å². The van der Waals surface area contributed by atoms with E-state index in [2.05, 4.69) is 5.32 Å². The fraction of sp³-hybridized carbons (Fsp3) is 0.438. The van der Waals surface area contributed by atoms with Gasteiger partial charge in [0.25, 0.3) is 11.1 Å². The third-order valence-corrected chi connectivity index (χ3v) is 5.12. The predicted molar refractivity (Wildman–Crippen MR) is 84.6 cm³/mol. The standard InChI is InChI=1S/C16H17FN2O3S/c17-11-6-2-1-5-10(11)15(21)18-12-7-3-4-8-13(12)19-14(20)9-23-16(19)22/h1-2,5-6,12-13H,3-4,7-9H2,(H,18,21)/t12-,13+/m1/s1. The number of hydrogen-bond donors (Lipinski definition) is 1. The molecule has 0 radical (unpaired) electrons. The fourth-order valence-corrected chi connectivity index (χ4v) is 3.93. The lowest BCUT2D eigenvalue weighted by Gasteiger charge is -2.36. The monoisotopic (exact) mass is 336 g/mol. The van der Waals surface area contributed by atoms with Gasteiger partial charge in [-0.25, -0.2) is 4.39 Å². The van der Waals surface area contributed by atoms with Crippen LogP contribution in [0.25, 0.3) is 0 Å². The van der Waals surface area contributed by atoms with Crippen LogP contribution in [0.4, 0.5) is 9.18 Å². The van der Waals surface area contributed by atoms with Gasteiger partial charge in [0.1, 0.15) is 5.82 Å². The van der Waals surface area contributed by atoms with E-state index in [4.69, 9.17) is 0 Å². The highest BCUT2D eigenvalue weighted by molar-refractivity contribution is 8.14. The van der Waals surface area contributed by atoms with E-state index in [-0.39, 0.29) is 34.5 Å². The first-order chi connectivity index (χ1) is 11.1. The highest BCUT2D eigenvalue weighted by Crippen LogP contribution is 2.30. The molecule has 1 aromatic rings. The van der Waals surface area contributed by atoms with Crippen LogP contribution in [-0.4, -0.2) is 39.8 Å². The molecule has 2 fully saturated rings. The summed E-state index contributed by atoms with van der Waals surface area (Å²) in [7, 11) is 0. The molecule has 3 amide bonds. The topological polar surface area (TPSA) is 66.5 Å². The number of hydrogen-bond acceptors (Lipinski definition) is 4. The van der Waals surface area contributed by atoms with E-state index < -0.39 is 11.7 Å². The van der Waals surface area contributed by atoms with Crippen LogP contribution in [0.15, 0.2) is 24.3 Å². The molecule has 7 heteroatoms. The summed E-state index contributed by atoms with van der Waals surface area (Å²) in [5.41, 5.74) is -0.0229. The average molecular weight is 336 g/mol. The summed E-state index contributed by atoms with van der Waals surface area (Å²) in [5, 5.41) is 2.55. The lowest BCUT2D eigenvalue weighted by molar-refractivity contribution is -0.127. The summed E-state index contributed by atoms with van der Waals surface area (Å²) in [6.45, 7) is 0. The van der Waals surface area contributed by atoms with Gasteiger partial charge in [-0.15, -0.1) is 0 Å². The molecule has 23 heavy (non-hydrogen) atoms. The molecule has 1 aliphatic heterocycles. The molecule has 1 aliphatic carbocycles. The molecule has 1 heterocycles. The van der Waals surface area contributed by atoms with Crippen molar-refractivity contribution < 1.29 is 18.8 Å². The minimum Gasteiger partial charge on any atom is -0.347 e. The van der Waals surface area contributed by atoms with Gasteiger partial charge in [0.2, 0.25) is 5.91 Å². The SMILES string of the molecule is O=C(N[C@@H]1CCCC[C@@H]1N1C(=O)CSC1=O)c1ccccc1F. The number of amides is 3. The Bertz CT molecular complexity index is 636. The molecule has 3 rings (SSSR count). The maximum atomic E-state index is 13.7. The molecule has 0 aromatic heterocycles. The fourth-order valence-electron chi connectivity index (χ4n) is 3.16. The van der Waals surface area contributed by atoms with Crippen molar-refractivity contribution >= 4 is 28.8 Å². The Hall–Kier alpha value is -1.89. The van der Waals surface area contributed by atoms with Gasteiger partial charge in [0.15, 0.2) is 0 Å². The number of thioether (sulfide) groups is 1. The number of halogens is 1. The van der Waals surface area contributed by atoms with E-state index in [1.54, 1.807) is 6.07 Å². The number of rotatable bonds is 3. The third kappa shape index (κ3) is 3.24. The van der Waals surface area contributed by atoms with E-state index in [1.165, 1.54) is 23.1 Å². The van der Waals surface area contributed by atoms with E-state index in [1.807, 2.05) is 0 Å². The first kappa shape index (κ1) is 16.0.